The van der Waals surface area contributed by atoms with E-state index in [1.165, 1.54) is 0 Å². The van der Waals surface area contributed by atoms with Crippen LogP contribution >= 0.6 is 0 Å². The molecule has 7 heteroatoms. The van der Waals surface area contributed by atoms with E-state index in [4.69, 9.17) is 0 Å². The Hall–Kier alpha value is -3.03. The van der Waals surface area contributed by atoms with Crippen LogP contribution in [0.2, 0.25) is 0 Å². The lowest BCUT2D eigenvalue weighted by atomic mass is 10.1. The predicted octanol–water partition coefficient (Wildman–Crippen LogP) is 4.10. The smallest absolute Gasteiger partial charge is 0.243 e. The van der Waals surface area contributed by atoms with Gasteiger partial charge in [-0.2, -0.15) is 5.10 Å². The average Bonchev–Trinajstić information content (AvgIpc) is 3.14. The Morgan fingerprint density at radius 2 is 1.77 bits per heavy atom. The first-order valence-electron chi connectivity index (χ1n) is 9.91. The molecule has 0 radical (unpaired) electrons. The van der Waals surface area contributed by atoms with E-state index in [0.717, 1.165) is 23.2 Å². The number of sulfonamides is 1. The van der Waals surface area contributed by atoms with Crippen molar-refractivity contribution in [3.63, 3.8) is 0 Å². The zero-order valence-electron chi connectivity index (χ0n) is 17.0. The van der Waals surface area contributed by atoms with Crippen LogP contribution in [0.25, 0.3) is 16.6 Å². The number of aromatic nitrogens is 3. The summed E-state index contributed by atoms with van der Waals surface area (Å²) in [6.07, 6.45) is 2.45. The number of fused-ring (bicyclic) bond motifs is 1. The minimum atomic E-state index is -3.74. The van der Waals surface area contributed by atoms with E-state index in [9.17, 15) is 8.42 Å². The first-order valence-corrected chi connectivity index (χ1v) is 11.4. The quantitative estimate of drug-likeness (QED) is 0.488. The molecule has 0 unspecified atom stereocenters. The molecule has 0 aliphatic carbocycles. The van der Waals surface area contributed by atoms with E-state index < -0.39 is 10.0 Å². The molecule has 6 nitrogen and oxygen atoms in total. The molecule has 0 saturated heterocycles. The predicted molar refractivity (Wildman–Crippen MR) is 118 cm³/mol. The van der Waals surface area contributed by atoms with Crippen LogP contribution in [0, 0.1) is 5.92 Å². The second kappa shape index (κ2) is 8.38. The number of pyridine rings is 1. The van der Waals surface area contributed by atoms with E-state index in [0.29, 0.717) is 17.1 Å². The Balaban J connectivity index is 1.62. The highest BCUT2D eigenvalue weighted by Crippen LogP contribution is 2.21. The Bertz CT molecular complexity index is 1260. The lowest BCUT2D eigenvalue weighted by Gasteiger charge is -2.09. The second-order valence-corrected chi connectivity index (χ2v) is 9.36. The molecule has 0 amide bonds. The van der Waals surface area contributed by atoms with Gasteiger partial charge < -0.3 is 0 Å². The average molecular weight is 421 g/mol. The minimum absolute atomic E-state index is 0.108. The molecule has 0 saturated carbocycles. The summed E-state index contributed by atoms with van der Waals surface area (Å²) in [5.74, 6) is 0.454. The molecule has 154 valence electrons. The summed E-state index contributed by atoms with van der Waals surface area (Å²) in [7, 11) is -3.74. The zero-order valence-corrected chi connectivity index (χ0v) is 17.8. The SMILES string of the molecule is CC(C)Cc1cc(CNS(=O)(=O)c2cccc3cccnc23)nn1-c1ccccc1. The minimum Gasteiger partial charge on any atom is -0.255 e. The molecular weight excluding hydrogens is 396 g/mol. The van der Waals surface area contributed by atoms with Gasteiger partial charge in [-0.05, 0) is 42.7 Å². The number of rotatable bonds is 7. The van der Waals surface area contributed by atoms with Gasteiger partial charge in [-0.3, -0.25) is 4.98 Å². The van der Waals surface area contributed by atoms with E-state index >= 15 is 0 Å². The molecule has 4 rings (SSSR count). The molecular formula is C23H24N4O2S. The first kappa shape index (κ1) is 20.3. The summed E-state index contributed by atoms with van der Waals surface area (Å²) in [5.41, 5.74) is 3.15. The summed E-state index contributed by atoms with van der Waals surface area (Å²) in [5, 5.41) is 5.45. The molecule has 30 heavy (non-hydrogen) atoms. The number of hydrogen-bond donors (Lipinski definition) is 1. The highest BCUT2D eigenvalue weighted by atomic mass is 32.2. The van der Waals surface area contributed by atoms with Crippen LogP contribution in [-0.2, 0) is 23.0 Å². The van der Waals surface area contributed by atoms with Crippen LogP contribution in [0.4, 0.5) is 0 Å². The first-order chi connectivity index (χ1) is 14.4. The van der Waals surface area contributed by atoms with E-state index in [-0.39, 0.29) is 11.4 Å². The maximum atomic E-state index is 13.0. The van der Waals surface area contributed by atoms with Crippen molar-refractivity contribution < 1.29 is 8.42 Å². The largest absolute Gasteiger partial charge is 0.255 e. The van der Waals surface area contributed by atoms with Crippen LogP contribution in [-0.4, -0.2) is 23.2 Å². The highest BCUT2D eigenvalue weighted by Gasteiger charge is 2.19. The summed E-state index contributed by atoms with van der Waals surface area (Å²) in [6, 6.07) is 20.6. The number of hydrogen-bond acceptors (Lipinski definition) is 4. The monoisotopic (exact) mass is 420 g/mol. The molecule has 1 N–H and O–H groups in total. The van der Waals surface area contributed by atoms with Crippen molar-refractivity contribution in [3.05, 3.63) is 84.3 Å². The van der Waals surface area contributed by atoms with Crippen molar-refractivity contribution in [2.45, 2.75) is 31.7 Å². The fourth-order valence-corrected chi connectivity index (χ4v) is 4.63. The lowest BCUT2D eigenvalue weighted by Crippen LogP contribution is -2.24. The summed E-state index contributed by atoms with van der Waals surface area (Å²) in [6.45, 7) is 4.41. The Morgan fingerprint density at radius 1 is 1.00 bits per heavy atom. The van der Waals surface area contributed by atoms with Crippen molar-refractivity contribution in [2.75, 3.05) is 0 Å². The molecule has 2 aromatic heterocycles. The molecule has 2 aromatic carbocycles. The van der Waals surface area contributed by atoms with Gasteiger partial charge in [0.1, 0.15) is 4.90 Å². The fourth-order valence-electron chi connectivity index (χ4n) is 3.46. The molecule has 0 atom stereocenters. The van der Waals surface area contributed by atoms with Crippen LogP contribution < -0.4 is 4.72 Å². The van der Waals surface area contributed by atoms with Gasteiger partial charge in [0.15, 0.2) is 0 Å². The molecule has 0 aliphatic rings. The molecule has 0 fully saturated rings. The zero-order chi connectivity index (χ0) is 21.1. The topological polar surface area (TPSA) is 76.9 Å². The van der Waals surface area contributed by atoms with Gasteiger partial charge in [-0.15, -0.1) is 0 Å². The van der Waals surface area contributed by atoms with E-state index in [1.54, 1.807) is 24.4 Å². The normalized spacial score (nSPS) is 12.0. The third-order valence-corrected chi connectivity index (χ3v) is 6.21. The Morgan fingerprint density at radius 3 is 2.53 bits per heavy atom. The number of benzene rings is 2. The molecule has 0 spiro atoms. The summed E-state index contributed by atoms with van der Waals surface area (Å²) < 4.78 is 30.5. The van der Waals surface area contributed by atoms with Crippen LogP contribution in [0.5, 0.6) is 0 Å². The van der Waals surface area contributed by atoms with Crippen molar-refractivity contribution in [2.24, 2.45) is 5.92 Å². The third kappa shape index (κ3) is 4.27. The van der Waals surface area contributed by atoms with Gasteiger partial charge in [0, 0.05) is 17.3 Å². The van der Waals surface area contributed by atoms with Gasteiger partial charge in [-0.25, -0.2) is 17.8 Å². The lowest BCUT2D eigenvalue weighted by molar-refractivity contribution is 0.580. The molecule has 2 heterocycles. The second-order valence-electron chi connectivity index (χ2n) is 7.63. The van der Waals surface area contributed by atoms with Gasteiger partial charge in [0.25, 0.3) is 0 Å². The van der Waals surface area contributed by atoms with E-state index in [1.807, 2.05) is 53.2 Å². The van der Waals surface area contributed by atoms with Crippen LogP contribution in [0.15, 0.2) is 77.8 Å². The van der Waals surface area contributed by atoms with Gasteiger partial charge in [0.2, 0.25) is 10.0 Å². The molecule has 0 bridgehead atoms. The number of para-hydroxylation sites is 2. The standard InChI is InChI=1S/C23H24N4O2S/c1-17(2)14-21-15-19(26-27(21)20-10-4-3-5-11-20)16-25-30(28,29)22-12-6-8-18-9-7-13-24-23(18)22/h3-13,15,17,25H,14,16H2,1-2H3. The number of nitrogens with one attached hydrogen (secondary N) is 1. The molecule has 0 aliphatic heterocycles. The Kier molecular flexibility index (Phi) is 5.65. The highest BCUT2D eigenvalue weighted by molar-refractivity contribution is 7.89. The van der Waals surface area contributed by atoms with Crippen LogP contribution in [0.3, 0.4) is 0 Å². The molecule has 4 aromatic rings. The van der Waals surface area contributed by atoms with Gasteiger partial charge in [-0.1, -0.05) is 50.2 Å². The van der Waals surface area contributed by atoms with Gasteiger partial charge in [0.05, 0.1) is 23.4 Å². The van der Waals surface area contributed by atoms with Crippen LogP contribution in [0.1, 0.15) is 25.2 Å². The maximum absolute atomic E-state index is 13.0. The van der Waals surface area contributed by atoms with Gasteiger partial charge >= 0.3 is 0 Å². The number of nitrogens with zero attached hydrogens (tertiary/aromatic N) is 3. The summed E-state index contributed by atoms with van der Waals surface area (Å²) in [4.78, 5) is 4.43. The summed E-state index contributed by atoms with van der Waals surface area (Å²) >= 11 is 0. The maximum Gasteiger partial charge on any atom is 0.243 e. The van der Waals surface area contributed by atoms with Crippen molar-refractivity contribution >= 4 is 20.9 Å². The van der Waals surface area contributed by atoms with Crippen molar-refractivity contribution in [3.8, 4) is 5.69 Å². The Labute approximate surface area is 176 Å². The van der Waals surface area contributed by atoms with Crippen molar-refractivity contribution in [1.82, 2.24) is 19.5 Å². The fraction of sp³-hybridized carbons (Fsp3) is 0.217. The third-order valence-electron chi connectivity index (χ3n) is 4.78. The van der Waals surface area contributed by atoms with E-state index in [2.05, 4.69) is 28.7 Å². The van der Waals surface area contributed by atoms with Crippen molar-refractivity contribution in [1.29, 1.82) is 0 Å².